The van der Waals surface area contributed by atoms with Gasteiger partial charge in [-0.25, -0.2) is 4.79 Å². The lowest BCUT2D eigenvalue weighted by Gasteiger charge is -2.30. The van der Waals surface area contributed by atoms with Gasteiger partial charge in [0, 0.05) is 19.1 Å². The molecular formula is C8H16N2O2. The Labute approximate surface area is 72.6 Å². The molecular weight excluding hydrogens is 156 g/mol. The van der Waals surface area contributed by atoms with E-state index in [4.69, 9.17) is 5.11 Å². The largest absolute Gasteiger partial charge is 0.465 e. The average molecular weight is 172 g/mol. The van der Waals surface area contributed by atoms with E-state index in [1.807, 2.05) is 6.92 Å². The maximum absolute atomic E-state index is 10.6. The molecule has 1 atom stereocenters. The molecule has 0 saturated carbocycles. The molecule has 1 amide bonds. The molecule has 0 aromatic rings. The van der Waals surface area contributed by atoms with Gasteiger partial charge in [0.05, 0.1) is 0 Å². The summed E-state index contributed by atoms with van der Waals surface area (Å²) < 4.78 is 0. The Morgan fingerprint density at radius 3 is 3.08 bits per heavy atom. The standard InChI is InChI=1S/C8H16N2O2/c1-2-9-7-4-3-5-10(6-7)8(11)12/h7,9H,2-6H2,1H3,(H,11,12)/t7-/m1/s1. The van der Waals surface area contributed by atoms with Crippen LogP contribution in [0.1, 0.15) is 19.8 Å². The van der Waals surface area contributed by atoms with Crippen LogP contribution >= 0.6 is 0 Å². The van der Waals surface area contributed by atoms with Gasteiger partial charge >= 0.3 is 6.09 Å². The summed E-state index contributed by atoms with van der Waals surface area (Å²) in [6.07, 6.45) is 1.28. The van der Waals surface area contributed by atoms with Crippen LogP contribution in [0.3, 0.4) is 0 Å². The lowest BCUT2D eigenvalue weighted by atomic mass is 10.1. The van der Waals surface area contributed by atoms with Gasteiger partial charge < -0.3 is 15.3 Å². The van der Waals surface area contributed by atoms with Crippen LogP contribution in [0.4, 0.5) is 4.79 Å². The number of piperidine rings is 1. The van der Waals surface area contributed by atoms with Gasteiger partial charge in [-0.15, -0.1) is 0 Å². The first-order chi connectivity index (χ1) is 5.74. The zero-order chi connectivity index (χ0) is 8.97. The third-order valence-corrected chi connectivity index (χ3v) is 2.18. The van der Waals surface area contributed by atoms with Crippen molar-refractivity contribution >= 4 is 6.09 Å². The fourth-order valence-corrected chi connectivity index (χ4v) is 1.61. The highest BCUT2D eigenvalue weighted by Gasteiger charge is 2.21. The summed E-state index contributed by atoms with van der Waals surface area (Å²) in [6.45, 7) is 4.29. The molecule has 0 radical (unpaired) electrons. The molecule has 12 heavy (non-hydrogen) atoms. The Bertz CT molecular complexity index is 159. The molecule has 1 aliphatic rings. The molecule has 1 aliphatic heterocycles. The van der Waals surface area contributed by atoms with E-state index in [0.717, 1.165) is 19.4 Å². The van der Waals surface area contributed by atoms with E-state index in [1.54, 1.807) is 0 Å². The summed E-state index contributed by atoms with van der Waals surface area (Å²) in [5, 5.41) is 12.0. The SMILES string of the molecule is CCN[C@@H]1CCCN(C(=O)O)C1. The van der Waals surface area contributed by atoms with Gasteiger partial charge in [0.15, 0.2) is 0 Å². The van der Waals surface area contributed by atoms with E-state index in [9.17, 15) is 4.79 Å². The molecule has 1 saturated heterocycles. The maximum atomic E-state index is 10.6. The first-order valence-corrected chi connectivity index (χ1v) is 4.45. The zero-order valence-corrected chi connectivity index (χ0v) is 7.42. The summed E-state index contributed by atoms with van der Waals surface area (Å²) in [4.78, 5) is 12.1. The Hall–Kier alpha value is -0.770. The number of hydrogen-bond acceptors (Lipinski definition) is 2. The summed E-state index contributed by atoms with van der Waals surface area (Å²) in [6, 6.07) is 0.361. The first kappa shape index (κ1) is 9.32. The minimum Gasteiger partial charge on any atom is -0.465 e. The minimum atomic E-state index is -0.794. The van der Waals surface area contributed by atoms with Gasteiger partial charge in [0.2, 0.25) is 0 Å². The van der Waals surface area contributed by atoms with Crippen molar-refractivity contribution in [3.8, 4) is 0 Å². The smallest absolute Gasteiger partial charge is 0.407 e. The van der Waals surface area contributed by atoms with Gasteiger partial charge in [0.25, 0.3) is 0 Å². The van der Waals surface area contributed by atoms with Crippen LogP contribution in [0.15, 0.2) is 0 Å². The quantitative estimate of drug-likeness (QED) is 0.646. The number of likely N-dealkylation sites (tertiary alicyclic amines) is 1. The highest BCUT2D eigenvalue weighted by molar-refractivity contribution is 5.65. The Morgan fingerprint density at radius 2 is 2.50 bits per heavy atom. The number of hydrogen-bond donors (Lipinski definition) is 2. The van der Waals surface area contributed by atoms with Crippen LogP contribution in [0.25, 0.3) is 0 Å². The average Bonchev–Trinajstić information content (AvgIpc) is 2.05. The Kier molecular flexibility index (Phi) is 3.34. The summed E-state index contributed by atoms with van der Waals surface area (Å²) in [5.41, 5.74) is 0. The Balaban J connectivity index is 2.35. The monoisotopic (exact) mass is 172 g/mol. The van der Waals surface area contributed by atoms with Crippen molar-refractivity contribution in [3.63, 3.8) is 0 Å². The Morgan fingerprint density at radius 1 is 1.75 bits per heavy atom. The van der Waals surface area contributed by atoms with Crippen LogP contribution in [0, 0.1) is 0 Å². The fourth-order valence-electron chi connectivity index (χ4n) is 1.61. The predicted octanol–water partition coefficient (Wildman–Crippen LogP) is 0.738. The van der Waals surface area contributed by atoms with Crippen molar-refractivity contribution in [1.82, 2.24) is 10.2 Å². The number of rotatable bonds is 2. The van der Waals surface area contributed by atoms with Gasteiger partial charge in [0.1, 0.15) is 0 Å². The van der Waals surface area contributed by atoms with Crippen molar-refractivity contribution in [2.45, 2.75) is 25.8 Å². The minimum absolute atomic E-state index is 0.361. The zero-order valence-electron chi connectivity index (χ0n) is 7.42. The van der Waals surface area contributed by atoms with Gasteiger partial charge in [-0.3, -0.25) is 0 Å². The number of nitrogens with one attached hydrogen (secondary N) is 1. The second-order valence-electron chi connectivity index (χ2n) is 3.13. The van der Waals surface area contributed by atoms with Gasteiger partial charge in [-0.05, 0) is 19.4 Å². The summed E-state index contributed by atoms with van der Waals surface area (Å²) in [5.74, 6) is 0. The van der Waals surface area contributed by atoms with E-state index in [1.165, 1.54) is 4.90 Å². The maximum Gasteiger partial charge on any atom is 0.407 e. The fraction of sp³-hybridized carbons (Fsp3) is 0.875. The van der Waals surface area contributed by atoms with Crippen LogP contribution in [0.5, 0.6) is 0 Å². The topological polar surface area (TPSA) is 52.6 Å². The van der Waals surface area contributed by atoms with Crippen molar-refractivity contribution in [1.29, 1.82) is 0 Å². The molecule has 1 fully saturated rings. The molecule has 4 nitrogen and oxygen atoms in total. The molecule has 1 heterocycles. The summed E-state index contributed by atoms with van der Waals surface area (Å²) >= 11 is 0. The second kappa shape index (κ2) is 4.30. The van der Waals surface area contributed by atoms with Crippen molar-refractivity contribution in [2.24, 2.45) is 0 Å². The van der Waals surface area contributed by atoms with Crippen LogP contribution in [-0.2, 0) is 0 Å². The highest BCUT2D eigenvalue weighted by atomic mass is 16.4. The molecule has 0 aromatic heterocycles. The molecule has 0 spiro atoms. The van der Waals surface area contributed by atoms with E-state index in [2.05, 4.69) is 5.32 Å². The number of nitrogens with zero attached hydrogens (tertiary/aromatic N) is 1. The lowest BCUT2D eigenvalue weighted by Crippen LogP contribution is -2.47. The van der Waals surface area contributed by atoms with Crippen molar-refractivity contribution < 1.29 is 9.90 Å². The van der Waals surface area contributed by atoms with E-state index in [0.29, 0.717) is 19.1 Å². The van der Waals surface area contributed by atoms with E-state index >= 15 is 0 Å². The van der Waals surface area contributed by atoms with Crippen molar-refractivity contribution in [2.75, 3.05) is 19.6 Å². The van der Waals surface area contributed by atoms with E-state index in [-0.39, 0.29) is 0 Å². The molecule has 1 rings (SSSR count). The molecule has 0 aliphatic carbocycles. The number of carbonyl (C=O) groups is 1. The third kappa shape index (κ3) is 2.37. The third-order valence-electron chi connectivity index (χ3n) is 2.18. The molecule has 2 N–H and O–H groups in total. The lowest BCUT2D eigenvalue weighted by molar-refractivity contribution is 0.126. The normalized spacial score (nSPS) is 24.1. The first-order valence-electron chi connectivity index (χ1n) is 4.45. The molecule has 0 unspecified atom stereocenters. The van der Waals surface area contributed by atoms with E-state index < -0.39 is 6.09 Å². The van der Waals surface area contributed by atoms with Crippen LogP contribution in [-0.4, -0.2) is 41.8 Å². The number of likely N-dealkylation sites (N-methyl/N-ethyl adjacent to an activating group) is 1. The van der Waals surface area contributed by atoms with Gasteiger partial charge in [-0.1, -0.05) is 6.92 Å². The predicted molar refractivity (Wildman–Crippen MR) is 46.3 cm³/mol. The van der Waals surface area contributed by atoms with Crippen LogP contribution < -0.4 is 5.32 Å². The number of amides is 1. The highest BCUT2D eigenvalue weighted by Crippen LogP contribution is 2.09. The molecule has 70 valence electrons. The molecule has 0 bridgehead atoms. The molecule has 4 heteroatoms. The molecule has 0 aromatic carbocycles. The van der Waals surface area contributed by atoms with Crippen molar-refractivity contribution in [3.05, 3.63) is 0 Å². The summed E-state index contributed by atoms with van der Waals surface area (Å²) in [7, 11) is 0. The number of carboxylic acid groups (broad SMARTS) is 1. The second-order valence-corrected chi connectivity index (χ2v) is 3.13. The van der Waals surface area contributed by atoms with Crippen LogP contribution in [0.2, 0.25) is 0 Å². The van der Waals surface area contributed by atoms with Gasteiger partial charge in [-0.2, -0.15) is 0 Å².